The molecular weight excluding hydrogens is 251 g/mol. The predicted octanol–water partition coefficient (Wildman–Crippen LogP) is 2.34. The van der Waals surface area contributed by atoms with E-state index in [0.717, 1.165) is 6.42 Å². The molecule has 0 aliphatic carbocycles. The summed E-state index contributed by atoms with van der Waals surface area (Å²) in [5.74, 6) is -0.520. The number of hydrogen-bond acceptors (Lipinski definition) is 4. The van der Waals surface area contributed by atoms with E-state index in [1.165, 1.54) is 18.2 Å². The Labute approximate surface area is 111 Å². The zero-order valence-electron chi connectivity index (χ0n) is 10.8. The molecule has 0 bridgehead atoms. The van der Waals surface area contributed by atoms with E-state index >= 15 is 0 Å². The molecule has 1 aromatic carbocycles. The number of benzene rings is 1. The third kappa shape index (κ3) is 3.27. The standard InChI is InChI=1S/C13H17FN2O3/c1-2-10-8-15(6-7-19-10)9-11-12(14)4-3-5-13(11)16(17)18/h3-5,10H,2,6-9H2,1H3/t10-/m0/s1. The Balaban J connectivity index is 2.16. The zero-order valence-corrected chi connectivity index (χ0v) is 10.8. The van der Waals surface area contributed by atoms with E-state index in [0.29, 0.717) is 19.7 Å². The maximum absolute atomic E-state index is 13.8. The Hall–Kier alpha value is -1.53. The van der Waals surface area contributed by atoms with Gasteiger partial charge in [-0.1, -0.05) is 13.0 Å². The van der Waals surface area contributed by atoms with Gasteiger partial charge in [0.25, 0.3) is 5.69 Å². The van der Waals surface area contributed by atoms with Crippen molar-refractivity contribution in [1.29, 1.82) is 0 Å². The highest BCUT2D eigenvalue weighted by atomic mass is 19.1. The molecule has 19 heavy (non-hydrogen) atoms. The molecule has 0 spiro atoms. The van der Waals surface area contributed by atoms with Crippen molar-refractivity contribution in [3.8, 4) is 0 Å². The quantitative estimate of drug-likeness (QED) is 0.621. The van der Waals surface area contributed by atoms with Gasteiger partial charge >= 0.3 is 0 Å². The van der Waals surface area contributed by atoms with Crippen molar-refractivity contribution in [3.05, 3.63) is 39.7 Å². The van der Waals surface area contributed by atoms with Crippen molar-refractivity contribution in [2.75, 3.05) is 19.7 Å². The number of halogens is 1. The molecule has 0 aromatic heterocycles. The van der Waals surface area contributed by atoms with Gasteiger partial charge in [0.15, 0.2) is 0 Å². The number of hydrogen-bond donors (Lipinski definition) is 0. The van der Waals surface area contributed by atoms with E-state index in [1.54, 1.807) is 0 Å². The fraction of sp³-hybridized carbons (Fsp3) is 0.538. The van der Waals surface area contributed by atoms with E-state index in [-0.39, 0.29) is 23.9 Å². The van der Waals surface area contributed by atoms with Crippen LogP contribution in [0.25, 0.3) is 0 Å². The number of ether oxygens (including phenoxy) is 1. The molecule has 0 radical (unpaired) electrons. The van der Waals surface area contributed by atoms with Gasteiger partial charge in [-0.2, -0.15) is 0 Å². The Bertz CT molecular complexity index is 467. The van der Waals surface area contributed by atoms with E-state index in [2.05, 4.69) is 0 Å². The molecule has 1 aromatic rings. The first-order chi connectivity index (χ1) is 9.11. The maximum Gasteiger partial charge on any atom is 0.276 e. The van der Waals surface area contributed by atoms with Gasteiger partial charge < -0.3 is 4.74 Å². The lowest BCUT2D eigenvalue weighted by molar-refractivity contribution is -0.386. The van der Waals surface area contributed by atoms with Crippen LogP contribution in [0.15, 0.2) is 18.2 Å². The Morgan fingerprint density at radius 1 is 1.58 bits per heavy atom. The third-order valence-corrected chi connectivity index (χ3v) is 3.35. The van der Waals surface area contributed by atoms with Gasteiger partial charge in [-0.15, -0.1) is 0 Å². The monoisotopic (exact) mass is 268 g/mol. The predicted molar refractivity (Wildman–Crippen MR) is 68.4 cm³/mol. The Morgan fingerprint density at radius 2 is 2.37 bits per heavy atom. The van der Waals surface area contributed by atoms with Crippen LogP contribution in [0.3, 0.4) is 0 Å². The number of nitro benzene ring substituents is 1. The van der Waals surface area contributed by atoms with Gasteiger partial charge in [0, 0.05) is 25.7 Å². The highest BCUT2D eigenvalue weighted by Gasteiger charge is 2.24. The van der Waals surface area contributed by atoms with Crippen molar-refractivity contribution in [1.82, 2.24) is 4.90 Å². The first kappa shape index (κ1) is 13.9. The second-order valence-electron chi connectivity index (χ2n) is 4.63. The summed E-state index contributed by atoms with van der Waals surface area (Å²) in [7, 11) is 0. The van der Waals surface area contributed by atoms with Gasteiger partial charge in [-0.05, 0) is 12.5 Å². The van der Waals surface area contributed by atoms with Gasteiger partial charge in [0.2, 0.25) is 0 Å². The lowest BCUT2D eigenvalue weighted by Gasteiger charge is -2.32. The average molecular weight is 268 g/mol. The van der Waals surface area contributed by atoms with Crippen molar-refractivity contribution in [2.24, 2.45) is 0 Å². The number of morpholine rings is 1. The molecule has 2 rings (SSSR count). The van der Waals surface area contributed by atoms with E-state index in [9.17, 15) is 14.5 Å². The van der Waals surface area contributed by atoms with Crippen LogP contribution in [0.4, 0.5) is 10.1 Å². The van der Waals surface area contributed by atoms with Crippen LogP contribution < -0.4 is 0 Å². The molecule has 1 aliphatic rings. The van der Waals surface area contributed by atoms with Gasteiger partial charge in [-0.25, -0.2) is 4.39 Å². The van der Waals surface area contributed by atoms with Crippen LogP contribution in [0.5, 0.6) is 0 Å². The molecule has 5 nitrogen and oxygen atoms in total. The summed E-state index contributed by atoms with van der Waals surface area (Å²) in [5.41, 5.74) is 0.00351. The van der Waals surface area contributed by atoms with Crippen LogP contribution >= 0.6 is 0 Å². The number of nitrogens with zero attached hydrogens (tertiary/aromatic N) is 2. The summed E-state index contributed by atoms with van der Waals surface area (Å²) in [6.45, 7) is 4.22. The molecule has 0 unspecified atom stereocenters. The summed E-state index contributed by atoms with van der Waals surface area (Å²) in [6.07, 6.45) is 1.01. The topological polar surface area (TPSA) is 55.6 Å². The number of rotatable bonds is 4. The maximum atomic E-state index is 13.8. The van der Waals surface area contributed by atoms with E-state index in [1.807, 2.05) is 11.8 Å². The van der Waals surface area contributed by atoms with Crippen molar-refractivity contribution < 1.29 is 14.1 Å². The molecule has 0 amide bonds. The number of nitro groups is 1. The second-order valence-corrected chi connectivity index (χ2v) is 4.63. The highest BCUT2D eigenvalue weighted by molar-refractivity contribution is 5.40. The zero-order chi connectivity index (χ0) is 13.8. The summed E-state index contributed by atoms with van der Waals surface area (Å²) in [6, 6.07) is 3.97. The summed E-state index contributed by atoms with van der Waals surface area (Å²) in [5, 5.41) is 10.9. The molecule has 1 atom stereocenters. The molecule has 0 N–H and O–H groups in total. The highest BCUT2D eigenvalue weighted by Crippen LogP contribution is 2.24. The first-order valence-electron chi connectivity index (χ1n) is 6.37. The van der Waals surface area contributed by atoms with Gasteiger partial charge in [-0.3, -0.25) is 15.0 Å². The molecule has 6 heteroatoms. The van der Waals surface area contributed by atoms with Gasteiger partial charge in [0.05, 0.1) is 23.2 Å². The van der Waals surface area contributed by atoms with E-state index in [4.69, 9.17) is 4.74 Å². The molecule has 1 heterocycles. The van der Waals surface area contributed by atoms with Crippen LogP contribution in [0.1, 0.15) is 18.9 Å². The molecule has 1 fully saturated rings. The van der Waals surface area contributed by atoms with Crippen LogP contribution in [0, 0.1) is 15.9 Å². The minimum atomic E-state index is -0.532. The van der Waals surface area contributed by atoms with Crippen molar-refractivity contribution in [2.45, 2.75) is 26.0 Å². The summed E-state index contributed by atoms with van der Waals surface area (Å²) < 4.78 is 19.3. The molecule has 0 saturated carbocycles. The molecule has 1 aliphatic heterocycles. The minimum Gasteiger partial charge on any atom is -0.376 e. The smallest absolute Gasteiger partial charge is 0.276 e. The van der Waals surface area contributed by atoms with E-state index < -0.39 is 10.7 Å². The van der Waals surface area contributed by atoms with Gasteiger partial charge in [0.1, 0.15) is 5.82 Å². The Morgan fingerprint density at radius 3 is 3.05 bits per heavy atom. The largest absolute Gasteiger partial charge is 0.376 e. The van der Waals surface area contributed by atoms with Crippen LogP contribution in [-0.2, 0) is 11.3 Å². The molecule has 1 saturated heterocycles. The first-order valence-corrected chi connectivity index (χ1v) is 6.37. The minimum absolute atomic E-state index is 0.125. The van der Waals surface area contributed by atoms with Crippen molar-refractivity contribution >= 4 is 5.69 Å². The molecular formula is C13H17FN2O3. The van der Waals surface area contributed by atoms with Crippen molar-refractivity contribution in [3.63, 3.8) is 0 Å². The summed E-state index contributed by atoms with van der Waals surface area (Å²) in [4.78, 5) is 12.4. The Kier molecular flexibility index (Phi) is 4.44. The molecule has 104 valence electrons. The normalized spacial score (nSPS) is 20.4. The summed E-state index contributed by atoms with van der Waals surface area (Å²) >= 11 is 0. The fourth-order valence-corrected chi connectivity index (χ4v) is 2.27. The average Bonchev–Trinajstić information content (AvgIpc) is 2.41. The van der Waals surface area contributed by atoms with Crippen LogP contribution in [0.2, 0.25) is 0 Å². The fourth-order valence-electron chi connectivity index (χ4n) is 2.27. The lowest BCUT2D eigenvalue weighted by Crippen LogP contribution is -2.41. The SMILES string of the molecule is CC[C@H]1CN(Cc2c(F)cccc2[N+](=O)[O-])CCO1. The van der Waals surface area contributed by atoms with Crippen LogP contribution in [-0.4, -0.2) is 35.6 Å². The lowest BCUT2D eigenvalue weighted by atomic mass is 10.1. The third-order valence-electron chi connectivity index (χ3n) is 3.35. The second kappa shape index (κ2) is 6.08.